The lowest BCUT2D eigenvalue weighted by Gasteiger charge is -2.29. The SMILES string of the molecule is C[C@H](NC(=O)N1C[C@H]2CC[C@H]1C2)c1cccc(N2CCCC2)c1. The van der Waals surface area contributed by atoms with Crippen molar-refractivity contribution in [2.24, 2.45) is 5.92 Å². The highest BCUT2D eigenvalue weighted by molar-refractivity contribution is 5.75. The maximum Gasteiger partial charge on any atom is 0.318 e. The number of carbonyl (C=O) groups excluding carboxylic acids is 1. The van der Waals surface area contributed by atoms with Crippen LogP contribution in [0.3, 0.4) is 0 Å². The Morgan fingerprint density at radius 1 is 1.26 bits per heavy atom. The molecule has 4 heteroatoms. The minimum atomic E-state index is 0.0594. The van der Waals surface area contributed by atoms with Gasteiger partial charge in [0.2, 0.25) is 0 Å². The van der Waals surface area contributed by atoms with Gasteiger partial charge in [-0.25, -0.2) is 4.79 Å². The van der Waals surface area contributed by atoms with Crippen molar-refractivity contribution in [3.63, 3.8) is 0 Å². The van der Waals surface area contributed by atoms with E-state index in [-0.39, 0.29) is 12.1 Å². The summed E-state index contributed by atoms with van der Waals surface area (Å²) in [4.78, 5) is 17.1. The van der Waals surface area contributed by atoms with Crippen molar-refractivity contribution in [2.75, 3.05) is 24.5 Å². The van der Waals surface area contributed by atoms with Crippen LogP contribution in [0.15, 0.2) is 24.3 Å². The summed E-state index contributed by atoms with van der Waals surface area (Å²) < 4.78 is 0. The second-order valence-electron chi connectivity index (χ2n) is 7.45. The van der Waals surface area contributed by atoms with E-state index in [0.717, 1.165) is 25.6 Å². The lowest BCUT2D eigenvalue weighted by molar-refractivity contribution is 0.178. The summed E-state index contributed by atoms with van der Waals surface area (Å²) in [7, 11) is 0. The molecule has 2 saturated heterocycles. The molecule has 4 nitrogen and oxygen atoms in total. The molecule has 0 unspecified atom stereocenters. The van der Waals surface area contributed by atoms with Crippen LogP contribution in [0.1, 0.15) is 50.6 Å². The fourth-order valence-electron chi connectivity index (χ4n) is 4.49. The smallest absolute Gasteiger partial charge is 0.318 e. The van der Waals surface area contributed by atoms with E-state index in [1.54, 1.807) is 0 Å². The first-order valence-corrected chi connectivity index (χ1v) is 9.13. The molecule has 3 fully saturated rings. The Hall–Kier alpha value is -1.71. The predicted octanol–water partition coefficient (Wildman–Crippen LogP) is 3.54. The van der Waals surface area contributed by atoms with E-state index in [9.17, 15) is 4.79 Å². The molecule has 23 heavy (non-hydrogen) atoms. The second-order valence-corrected chi connectivity index (χ2v) is 7.45. The Kier molecular flexibility index (Phi) is 3.92. The summed E-state index contributed by atoms with van der Waals surface area (Å²) in [6, 6.07) is 9.34. The topological polar surface area (TPSA) is 35.6 Å². The molecule has 2 amide bonds. The first-order valence-electron chi connectivity index (χ1n) is 9.13. The average Bonchev–Trinajstić information content (AvgIpc) is 3.32. The number of piperidine rings is 1. The van der Waals surface area contributed by atoms with Gasteiger partial charge in [0.15, 0.2) is 0 Å². The Balaban J connectivity index is 1.41. The third kappa shape index (κ3) is 2.91. The van der Waals surface area contributed by atoms with Gasteiger partial charge in [-0.15, -0.1) is 0 Å². The summed E-state index contributed by atoms with van der Waals surface area (Å²) >= 11 is 0. The molecule has 1 N–H and O–H groups in total. The number of amides is 2. The molecule has 1 aliphatic carbocycles. The molecule has 1 aromatic rings. The average molecular weight is 313 g/mol. The fraction of sp³-hybridized carbons (Fsp3) is 0.632. The third-order valence-electron chi connectivity index (χ3n) is 5.85. The van der Waals surface area contributed by atoms with Gasteiger partial charge in [0.1, 0.15) is 0 Å². The number of nitrogens with zero attached hydrogens (tertiary/aromatic N) is 2. The van der Waals surface area contributed by atoms with E-state index in [1.165, 1.54) is 43.4 Å². The molecule has 0 spiro atoms. The zero-order valence-corrected chi connectivity index (χ0v) is 14.0. The Morgan fingerprint density at radius 2 is 2.09 bits per heavy atom. The summed E-state index contributed by atoms with van der Waals surface area (Å²) in [6.45, 7) is 5.36. The van der Waals surface area contributed by atoms with Crippen LogP contribution in [0.25, 0.3) is 0 Å². The van der Waals surface area contributed by atoms with E-state index in [2.05, 4.69) is 46.3 Å². The van der Waals surface area contributed by atoms with Crippen molar-refractivity contribution in [3.8, 4) is 0 Å². The van der Waals surface area contributed by atoms with Crippen LogP contribution in [-0.2, 0) is 0 Å². The Labute approximate surface area is 138 Å². The van der Waals surface area contributed by atoms with Crippen molar-refractivity contribution < 1.29 is 4.79 Å². The largest absolute Gasteiger partial charge is 0.372 e. The lowest BCUT2D eigenvalue weighted by Crippen LogP contribution is -2.45. The number of benzene rings is 1. The van der Waals surface area contributed by atoms with E-state index in [1.807, 2.05) is 0 Å². The zero-order valence-electron chi connectivity index (χ0n) is 14.0. The van der Waals surface area contributed by atoms with Crippen molar-refractivity contribution in [1.82, 2.24) is 10.2 Å². The molecule has 2 aliphatic heterocycles. The number of nitrogens with one attached hydrogen (secondary N) is 1. The highest BCUT2D eigenvalue weighted by Crippen LogP contribution is 2.37. The van der Waals surface area contributed by atoms with Gasteiger partial charge < -0.3 is 15.1 Å². The van der Waals surface area contributed by atoms with Gasteiger partial charge in [-0.05, 0) is 62.6 Å². The maximum atomic E-state index is 12.6. The standard InChI is InChI=1S/C19H27N3O/c1-14(20-19(23)22-13-15-7-8-18(22)11-15)16-5-4-6-17(12-16)21-9-2-3-10-21/h4-6,12,14-15,18H,2-3,7-11,13H2,1H3,(H,20,23)/t14-,15-,18-/m0/s1. The highest BCUT2D eigenvalue weighted by Gasteiger charge is 2.40. The van der Waals surface area contributed by atoms with Gasteiger partial charge in [0.25, 0.3) is 0 Å². The normalized spacial score (nSPS) is 27.5. The van der Waals surface area contributed by atoms with E-state index >= 15 is 0 Å². The van der Waals surface area contributed by atoms with Crippen molar-refractivity contribution in [2.45, 2.75) is 51.1 Å². The van der Waals surface area contributed by atoms with Crippen molar-refractivity contribution >= 4 is 11.7 Å². The number of likely N-dealkylation sites (tertiary alicyclic amines) is 1. The van der Waals surface area contributed by atoms with Crippen LogP contribution in [0.5, 0.6) is 0 Å². The molecule has 1 aromatic carbocycles. The second kappa shape index (κ2) is 6.06. The van der Waals surface area contributed by atoms with Crippen LogP contribution in [0.2, 0.25) is 0 Å². The van der Waals surface area contributed by atoms with Crippen LogP contribution < -0.4 is 10.2 Å². The molecule has 3 atom stereocenters. The van der Waals surface area contributed by atoms with Crippen molar-refractivity contribution in [1.29, 1.82) is 0 Å². The van der Waals surface area contributed by atoms with Gasteiger partial charge in [-0.3, -0.25) is 0 Å². The molecule has 0 aromatic heterocycles. The lowest BCUT2D eigenvalue weighted by atomic mass is 10.1. The predicted molar refractivity (Wildman–Crippen MR) is 92.7 cm³/mol. The monoisotopic (exact) mass is 313 g/mol. The Bertz CT molecular complexity index is 582. The Morgan fingerprint density at radius 3 is 2.78 bits per heavy atom. The zero-order chi connectivity index (χ0) is 15.8. The van der Waals surface area contributed by atoms with Gasteiger partial charge in [-0.1, -0.05) is 12.1 Å². The minimum Gasteiger partial charge on any atom is -0.372 e. The highest BCUT2D eigenvalue weighted by atomic mass is 16.2. The van der Waals surface area contributed by atoms with Crippen molar-refractivity contribution in [3.05, 3.63) is 29.8 Å². The van der Waals surface area contributed by atoms with Gasteiger partial charge in [-0.2, -0.15) is 0 Å². The molecular weight excluding hydrogens is 286 g/mol. The van der Waals surface area contributed by atoms with E-state index in [4.69, 9.17) is 0 Å². The van der Waals surface area contributed by atoms with Gasteiger partial charge in [0, 0.05) is 31.4 Å². The molecule has 1 saturated carbocycles. The van der Waals surface area contributed by atoms with E-state index < -0.39 is 0 Å². The first kappa shape index (κ1) is 14.9. The molecule has 124 valence electrons. The number of rotatable bonds is 3. The van der Waals surface area contributed by atoms with E-state index in [0.29, 0.717) is 6.04 Å². The van der Waals surface area contributed by atoms with Crippen LogP contribution in [0, 0.1) is 5.92 Å². The molecule has 2 heterocycles. The first-order chi connectivity index (χ1) is 11.2. The molecule has 4 rings (SSSR count). The van der Waals surface area contributed by atoms with Crippen LogP contribution in [-0.4, -0.2) is 36.6 Å². The maximum absolute atomic E-state index is 12.6. The van der Waals surface area contributed by atoms with Gasteiger partial charge >= 0.3 is 6.03 Å². The quantitative estimate of drug-likeness (QED) is 0.926. The molecular formula is C19H27N3O. The van der Waals surface area contributed by atoms with Gasteiger partial charge in [0.05, 0.1) is 6.04 Å². The summed E-state index contributed by atoms with van der Waals surface area (Å²) in [6.07, 6.45) is 6.28. The minimum absolute atomic E-state index is 0.0594. The summed E-state index contributed by atoms with van der Waals surface area (Å²) in [5, 5.41) is 3.21. The number of carbonyl (C=O) groups is 1. The molecule has 3 aliphatic rings. The fourth-order valence-corrected chi connectivity index (χ4v) is 4.49. The number of fused-ring (bicyclic) bond motifs is 2. The number of hydrogen-bond acceptors (Lipinski definition) is 2. The summed E-state index contributed by atoms with van der Waals surface area (Å²) in [5.74, 6) is 0.750. The van der Waals surface area contributed by atoms with Crippen LogP contribution in [0.4, 0.5) is 10.5 Å². The molecule has 0 radical (unpaired) electrons. The summed E-state index contributed by atoms with van der Waals surface area (Å²) in [5.41, 5.74) is 2.49. The van der Waals surface area contributed by atoms with Crippen LogP contribution >= 0.6 is 0 Å². The number of urea groups is 1. The third-order valence-corrected chi connectivity index (χ3v) is 5.85. The number of anilines is 1. The molecule has 2 bridgehead atoms. The number of hydrogen-bond donors (Lipinski definition) is 1.